The van der Waals surface area contributed by atoms with Gasteiger partial charge in [-0.15, -0.1) is 0 Å². The maximum absolute atomic E-state index is 4.39. The van der Waals surface area contributed by atoms with Gasteiger partial charge in [0.25, 0.3) is 0 Å². The number of hydrogen-bond acceptors (Lipinski definition) is 5. The minimum atomic E-state index is 0.492. The second kappa shape index (κ2) is 5.97. The average Bonchev–Trinajstić information content (AvgIpc) is 2.83. The molecule has 1 saturated heterocycles. The Balaban J connectivity index is 1.64. The minimum absolute atomic E-state index is 0.492. The fraction of sp³-hybridized carbons (Fsp3) is 0.667. The second-order valence-electron chi connectivity index (χ2n) is 6.34. The molecular formula is C15H24N6. The van der Waals surface area contributed by atoms with Crippen LogP contribution in [0.4, 0.5) is 5.82 Å². The van der Waals surface area contributed by atoms with E-state index >= 15 is 0 Å². The smallest absolute Gasteiger partial charge is 0.163 e. The van der Waals surface area contributed by atoms with E-state index in [1.54, 1.807) is 11.0 Å². The summed E-state index contributed by atoms with van der Waals surface area (Å²) in [7, 11) is 1.91. The molecule has 0 atom stereocenters. The van der Waals surface area contributed by atoms with E-state index in [9.17, 15) is 0 Å². The first kappa shape index (κ1) is 14.3. The third-order valence-electron chi connectivity index (χ3n) is 4.08. The molecule has 3 heterocycles. The zero-order valence-corrected chi connectivity index (χ0v) is 13.1. The number of likely N-dealkylation sites (tertiary alicyclic amines) is 1. The monoisotopic (exact) mass is 288 g/mol. The summed E-state index contributed by atoms with van der Waals surface area (Å²) in [6.45, 7) is 8.09. The highest BCUT2D eigenvalue weighted by Gasteiger charge is 2.20. The van der Waals surface area contributed by atoms with Gasteiger partial charge in [0.2, 0.25) is 0 Å². The summed E-state index contributed by atoms with van der Waals surface area (Å²) in [5.74, 6) is 1.65. The molecule has 0 aromatic carbocycles. The lowest BCUT2D eigenvalue weighted by atomic mass is 10.0. The lowest BCUT2D eigenvalue weighted by molar-refractivity contribution is 0.198. The molecular weight excluding hydrogens is 264 g/mol. The Morgan fingerprint density at radius 3 is 2.76 bits per heavy atom. The number of anilines is 1. The maximum Gasteiger partial charge on any atom is 0.163 e. The third-order valence-corrected chi connectivity index (χ3v) is 4.08. The average molecular weight is 288 g/mol. The van der Waals surface area contributed by atoms with E-state index in [0.29, 0.717) is 6.04 Å². The molecule has 2 aromatic heterocycles. The molecule has 1 aliphatic rings. The predicted octanol–water partition coefficient (Wildman–Crippen LogP) is 1.90. The van der Waals surface area contributed by atoms with Crippen LogP contribution in [0, 0.1) is 5.92 Å². The predicted molar refractivity (Wildman–Crippen MR) is 84.2 cm³/mol. The van der Waals surface area contributed by atoms with E-state index in [1.165, 1.54) is 19.4 Å². The number of nitrogens with one attached hydrogen (secondary N) is 1. The lowest BCUT2D eigenvalue weighted by Crippen LogP contribution is -2.40. The normalized spacial score (nSPS) is 17.7. The van der Waals surface area contributed by atoms with Crippen LogP contribution >= 0.6 is 0 Å². The Morgan fingerprint density at radius 2 is 2.05 bits per heavy atom. The second-order valence-corrected chi connectivity index (χ2v) is 6.34. The van der Waals surface area contributed by atoms with Crippen molar-refractivity contribution >= 4 is 16.9 Å². The van der Waals surface area contributed by atoms with Crippen LogP contribution in [0.5, 0.6) is 0 Å². The molecule has 0 unspecified atom stereocenters. The van der Waals surface area contributed by atoms with Crippen LogP contribution in [0.15, 0.2) is 12.5 Å². The van der Waals surface area contributed by atoms with Crippen LogP contribution in [0.2, 0.25) is 0 Å². The van der Waals surface area contributed by atoms with Crippen molar-refractivity contribution < 1.29 is 0 Å². The SMILES string of the molecule is CC(C)CN1CCC(Nc2ncnc3c2cnn3C)CC1. The minimum Gasteiger partial charge on any atom is -0.367 e. The van der Waals surface area contributed by atoms with E-state index in [-0.39, 0.29) is 0 Å². The number of fused-ring (bicyclic) bond motifs is 1. The van der Waals surface area contributed by atoms with E-state index in [4.69, 9.17) is 0 Å². The largest absolute Gasteiger partial charge is 0.367 e. The molecule has 1 fully saturated rings. The van der Waals surface area contributed by atoms with E-state index < -0.39 is 0 Å². The summed E-state index contributed by atoms with van der Waals surface area (Å²) < 4.78 is 1.79. The Bertz CT molecular complexity index is 597. The van der Waals surface area contributed by atoms with Gasteiger partial charge in [-0.2, -0.15) is 5.10 Å². The maximum atomic E-state index is 4.39. The van der Waals surface area contributed by atoms with Gasteiger partial charge in [0.05, 0.1) is 11.6 Å². The molecule has 0 amide bonds. The third kappa shape index (κ3) is 3.15. The van der Waals surface area contributed by atoms with Crippen molar-refractivity contribution in [1.82, 2.24) is 24.6 Å². The van der Waals surface area contributed by atoms with Crippen molar-refractivity contribution in [2.24, 2.45) is 13.0 Å². The first-order valence-electron chi connectivity index (χ1n) is 7.75. The molecule has 0 aliphatic carbocycles. The fourth-order valence-corrected chi connectivity index (χ4v) is 3.05. The summed E-state index contributed by atoms with van der Waals surface area (Å²) in [4.78, 5) is 11.2. The zero-order chi connectivity index (χ0) is 14.8. The molecule has 1 N–H and O–H groups in total. The highest BCUT2D eigenvalue weighted by molar-refractivity contribution is 5.86. The fourth-order valence-electron chi connectivity index (χ4n) is 3.05. The van der Waals surface area contributed by atoms with E-state index in [2.05, 4.69) is 39.1 Å². The van der Waals surface area contributed by atoms with Crippen LogP contribution < -0.4 is 5.32 Å². The van der Waals surface area contributed by atoms with Crippen molar-refractivity contribution in [2.75, 3.05) is 25.0 Å². The standard InChI is InChI=1S/C15H24N6/c1-11(2)9-21-6-4-12(5-7-21)19-14-13-8-18-20(3)15(13)17-10-16-14/h8,10-12H,4-7,9H2,1-3H3,(H,16,17,19). The van der Waals surface area contributed by atoms with Crippen LogP contribution in [-0.2, 0) is 7.05 Å². The van der Waals surface area contributed by atoms with Crippen molar-refractivity contribution in [1.29, 1.82) is 0 Å². The molecule has 6 nitrogen and oxygen atoms in total. The molecule has 0 bridgehead atoms. The van der Waals surface area contributed by atoms with Gasteiger partial charge in [0.15, 0.2) is 5.65 Å². The van der Waals surface area contributed by atoms with Crippen LogP contribution in [0.1, 0.15) is 26.7 Å². The topological polar surface area (TPSA) is 58.9 Å². The number of rotatable bonds is 4. The van der Waals surface area contributed by atoms with Gasteiger partial charge in [-0.3, -0.25) is 4.68 Å². The van der Waals surface area contributed by atoms with Gasteiger partial charge in [-0.1, -0.05) is 13.8 Å². The van der Waals surface area contributed by atoms with Crippen molar-refractivity contribution in [3.63, 3.8) is 0 Å². The van der Waals surface area contributed by atoms with Crippen molar-refractivity contribution in [3.8, 4) is 0 Å². The van der Waals surface area contributed by atoms with E-state index in [0.717, 1.165) is 35.9 Å². The molecule has 114 valence electrons. The summed E-state index contributed by atoms with van der Waals surface area (Å²) >= 11 is 0. The van der Waals surface area contributed by atoms with Crippen LogP contribution in [0.3, 0.4) is 0 Å². The van der Waals surface area contributed by atoms with Gasteiger partial charge in [-0.05, 0) is 18.8 Å². The highest BCUT2D eigenvalue weighted by Crippen LogP contribution is 2.21. The molecule has 1 aliphatic heterocycles. The van der Waals surface area contributed by atoms with Gasteiger partial charge < -0.3 is 10.2 Å². The van der Waals surface area contributed by atoms with Gasteiger partial charge >= 0.3 is 0 Å². The molecule has 2 aromatic rings. The number of aryl methyl sites for hydroxylation is 1. The van der Waals surface area contributed by atoms with Crippen LogP contribution in [-0.4, -0.2) is 50.3 Å². The number of piperidine rings is 1. The first-order valence-corrected chi connectivity index (χ1v) is 7.75. The number of hydrogen-bond donors (Lipinski definition) is 1. The first-order chi connectivity index (χ1) is 10.1. The molecule has 0 radical (unpaired) electrons. The molecule has 6 heteroatoms. The molecule has 3 rings (SSSR count). The van der Waals surface area contributed by atoms with Gasteiger partial charge in [0.1, 0.15) is 12.1 Å². The van der Waals surface area contributed by atoms with Crippen LogP contribution in [0.25, 0.3) is 11.0 Å². The Hall–Kier alpha value is -1.69. The Morgan fingerprint density at radius 1 is 1.29 bits per heavy atom. The number of aromatic nitrogens is 4. The molecule has 0 spiro atoms. The van der Waals surface area contributed by atoms with E-state index in [1.807, 2.05) is 13.2 Å². The van der Waals surface area contributed by atoms with Crippen molar-refractivity contribution in [2.45, 2.75) is 32.7 Å². The summed E-state index contributed by atoms with van der Waals surface area (Å²) in [5, 5.41) is 8.84. The summed E-state index contributed by atoms with van der Waals surface area (Å²) in [6, 6.07) is 0.492. The summed E-state index contributed by atoms with van der Waals surface area (Å²) in [6.07, 6.45) is 5.78. The number of nitrogens with zero attached hydrogens (tertiary/aromatic N) is 5. The van der Waals surface area contributed by atoms with Gasteiger partial charge in [-0.25, -0.2) is 9.97 Å². The van der Waals surface area contributed by atoms with Crippen molar-refractivity contribution in [3.05, 3.63) is 12.5 Å². The summed E-state index contributed by atoms with van der Waals surface area (Å²) in [5.41, 5.74) is 0.879. The molecule has 21 heavy (non-hydrogen) atoms. The molecule has 0 saturated carbocycles. The Kier molecular flexibility index (Phi) is 4.05. The quantitative estimate of drug-likeness (QED) is 0.931. The Labute approximate surface area is 125 Å². The lowest BCUT2D eigenvalue weighted by Gasteiger charge is -2.33. The highest BCUT2D eigenvalue weighted by atomic mass is 15.3. The van der Waals surface area contributed by atoms with Gasteiger partial charge in [0, 0.05) is 32.7 Å². The zero-order valence-electron chi connectivity index (χ0n) is 13.1.